The van der Waals surface area contributed by atoms with Crippen LogP contribution in [-0.4, -0.2) is 15.0 Å². The lowest BCUT2D eigenvalue weighted by molar-refractivity contribution is 0.670. The summed E-state index contributed by atoms with van der Waals surface area (Å²) in [4.78, 5) is 14.9. The molecule has 0 atom stereocenters. The molecular formula is C51H31N3OS. The van der Waals surface area contributed by atoms with Gasteiger partial charge in [0.25, 0.3) is 0 Å². The highest BCUT2D eigenvalue weighted by molar-refractivity contribution is 7.25. The fraction of sp³-hybridized carbons (Fsp3) is 0. The van der Waals surface area contributed by atoms with E-state index in [1.807, 2.05) is 72.0 Å². The number of hydrogen-bond donors (Lipinski definition) is 0. The van der Waals surface area contributed by atoms with E-state index in [1.54, 1.807) is 0 Å². The molecule has 0 N–H and O–H groups in total. The summed E-state index contributed by atoms with van der Waals surface area (Å²) in [5, 5.41) is 4.78. The molecule has 4 nitrogen and oxygen atoms in total. The van der Waals surface area contributed by atoms with Crippen molar-refractivity contribution in [3.05, 3.63) is 188 Å². The summed E-state index contributed by atoms with van der Waals surface area (Å²) < 4.78 is 9.34. The Morgan fingerprint density at radius 2 is 0.893 bits per heavy atom. The lowest BCUT2D eigenvalue weighted by Crippen LogP contribution is -2.00. The van der Waals surface area contributed by atoms with Crippen molar-refractivity contribution in [2.75, 3.05) is 0 Å². The quantitative estimate of drug-likeness (QED) is 0.171. The molecule has 11 aromatic rings. The maximum atomic E-state index is 6.71. The van der Waals surface area contributed by atoms with Crippen molar-refractivity contribution in [3.63, 3.8) is 0 Å². The first-order valence-electron chi connectivity index (χ1n) is 18.7. The van der Waals surface area contributed by atoms with Gasteiger partial charge in [-0.05, 0) is 58.1 Å². The van der Waals surface area contributed by atoms with Gasteiger partial charge in [-0.25, -0.2) is 15.0 Å². The molecule has 0 aliphatic rings. The van der Waals surface area contributed by atoms with Crippen LogP contribution in [0.25, 0.3) is 110 Å². The number of thiophene rings is 1. The molecule has 3 heterocycles. The largest absolute Gasteiger partial charge is 0.455 e. The molecule has 0 fully saturated rings. The number of benzene rings is 8. The van der Waals surface area contributed by atoms with Crippen LogP contribution >= 0.6 is 11.3 Å². The molecule has 262 valence electrons. The maximum Gasteiger partial charge on any atom is 0.164 e. The first-order valence-corrected chi connectivity index (χ1v) is 19.5. The van der Waals surface area contributed by atoms with E-state index in [0.29, 0.717) is 17.5 Å². The first-order chi connectivity index (χ1) is 27.7. The van der Waals surface area contributed by atoms with Gasteiger partial charge in [0.15, 0.2) is 17.5 Å². The van der Waals surface area contributed by atoms with Crippen LogP contribution in [0.5, 0.6) is 0 Å². The second-order valence-electron chi connectivity index (χ2n) is 14.0. The molecular weight excluding hydrogens is 703 g/mol. The summed E-state index contributed by atoms with van der Waals surface area (Å²) in [7, 11) is 0. The van der Waals surface area contributed by atoms with Crippen molar-refractivity contribution in [2.45, 2.75) is 0 Å². The van der Waals surface area contributed by atoms with Gasteiger partial charge in [-0.1, -0.05) is 158 Å². The third kappa shape index (κ3) is 5.56. The van der Waals surface area contributed by atoms with Crippen molar-refractivity contribution in [1.29, 1.82) is 0 Å². The predicted molar refractivity (Wildman–Crippen MR) is 233 cm³/mol. The van der Waals surface area contributed by atoms with Gasteiger partial charge in [0.05, 0.1) is 0 Å². The number of nitrogens with zero attached hydrogens (tertiary/aromatic N) is 3. The molecule has 0 radical (unpaired) electrons. The van der Waals surface area contributed by atoms with Crippen LogP contribution in [0.4, 0.5) is 0 Å². The Morgan fingerprint density at radius 3 is 1.66 bits per heavy atom. The lowest BCUT2D eigenvalue weighted by Gasteiger charge is -2.10. The number of hydrogen-bond acceptors (Lipinski definition) is 5. The Morgan fingerprint density at radius 1 is 0.339 bits per heavy atom. The molecule has 56 heavy (non-hydrogen) atoms. The van der Waals surface area contributed by atoms with E-state index in [4.69, 9.17) is 19.4 Å². The molecule has 0 aliphatic carbocycles. The van der Waals surface area contributed by atoms with Crippen LogP contribution in [0.15, 0.2) is 192 Å². The smallest absolute Gasteiger partial charge is 0.164 e. The Bertz CT molecular complexity index is 3180. The van der Waals surface area contributed by atoms with E-state index in [9.17, 15) is 0 Å². The monoisotopic (exact) mass is 733 g/mol. The van der Waals surface area contributed by atoms with E-state index in [0.717, 1.165) is 60.9 Å². The highest BCUT2D eigenvalue weighted by atomic mass is 32.1. The van der Waals surface area contributed by atoms with Crippen molar-refractivity contribution < 1.29 is 4.42 Å². The number of fused-ring (bicyclic) bond motifs is 6. The predicted octanol–water partition coefficient (Wildman–Crippen LogP) is 14.1. The first kappa shape index (κ1) is 32.2. The molecule has 3 aromatic heterocycles. The van der Waals surface area contributed by atoms with Crippen molar-refractivity contribution >= 4 is 53.4 Å². The average molecular weight is 734 g/mol. The second kappa shape index (κ2) is 13.3. The zero-order valence-corrected chi connectivity index (χ0v) is 30.9. The number of aromatic nitrogens is 3. The molecule has 0 saturated heterocycles. The van der Waals surface area contributed by atoms with Crippen LogP contribution in [-0.2, 0) is 0 Å². The van der Waals surface area contributed by atoms with E-state index in [2.05, 4.69) is 127 Å². The highest BCUT2D eigenvalue weighted by Gasteiger charge is 2.18. The molecule has 8 aromatic carbocycles. The van der Waals surface area contributed by atoms with Crippen LogP contribution in [0.1, 0.15) is 0 Å². The molecule has 5 heteroatoms. The summed E-state index contributed by atoms with van der Waals surface area (Å²) in [6.45, 7) is 0. The van der Waals surface area contributed by atoms with Crippen molar-refractivity contribution in [2.24, 2.45) is 0 Å². The Kier molecular flexibility index (Phi) is 7.64. The van der Waals surface area contributed by atoms with Crippen LogP contribution in [0, 0.1) is 0 Å². The summed E-state index contributed by atoms with van der Waals surface area (Å²) in [6.07, 6.45) is 0. The van der Waals surface area contributed by atoms with E-state index in [1.165, 1.54) is 31.3 Å². The molecule has 0 aliphatic heterocycles. The fourth-order valence-corrected chi connectivity index (χ4v) is 8.91. The topological polar surface area (TPSA) is 51.8 Å². The zero-order valence-electron chi connectivity index (χ0n) is 30.1. The molecule has 11 rings (SSSR count). The minimum absolute atomic E-state index is 0.623. The fourth-order valence-electron chi connectivity index (χ4n) is 7.83. The van der Waals surface area contributed by atoms with E-state index in [-0.39, 0.29) is 0 Å². The van der Waals surface area contributed by atoms with Crippen LogP contribution in [0.2, 0.25) is 0 Å². The number of furan rings is 1. The van der Waals surface area contributed by atoms with E-state index < -0.39 is 0 Å². The minimum atomic E-state index is 0.623. The third-order valence-electron chi connectivity index (χ3n) is 10.6. The Balaban J connectivity index is 0.982. The zero-order chi connectivity index (χ0) is 37.0. The van der Waals surface area contributed by atoms with Gasteiger partial charge in [-0.3, -0.25) is 0 Å². The lowest BCUT2D eigenvalue weighted by atomic mass is 9.95. The number of para-hydroxylation sites is 1. The summed E-state index contributed by atoms with van der Waals surface area (Å²) in [6, 6.07) is 65.7. The minimum Gasteiger partial charge on any atom is -0.455 e. The Labute approximate surface area is 327 Å². The molecule has 0 saturated carbocycles. The molecule has 0 unspecified atom stereocenters. The van der Waals surface area contributed by atoms with Crippen LogP contribution < -0.4 is 0 Å². The molecule has 0 spiro atoms. The third-order valence-corrected chi connectivity index (χ3v) is 11.7. The Hall–Kier alpha value is -7.21. The van der Waals surface area contributed by atoms with E-state index >= 15 is 0 Å². The summed E-state index contributed by atoms with van der Waals surface area (Å²) >= 11 is 1.85. The normalized spacial score (nSPS) is 11.6. The number of rotatable bonds is 6. The van der Waals surface area contributed by atoms with Crippen molar-refractivity contribution in [3.8, 4) is 67.5 Å². The van der Waals surface area contributed by atoms with Crippen molar-refractivity contribution in [1.82, 2.24) is 15.0 Å². The molecule has 0 bridgehead atoms. The molecule has 0 amide bonds. The van der Waals surface area contributed by atoms with Gasteiger partial charge in [0.1, 0.15) is 11.2 Å². The van der Waals surface area contributed by atoms with Gasteiger partial charge >= 0.3 is 0 Å². The standard InChI is InChI=1S/C51H31N3OS/c1-3-12-34(13-4-1)49-52-50(35-14-5-2-6-15-35)54-51(53-49)38-17-9-16-37(30-38)39-19-11-22-44-47(39)42-21-10-20-40(48(42)55-44)33-26-24-32(25-27-33)36-28-29-46-43(31-36)41-18-7-8-23-45(41)56-46/h1-31H. The van der Waals surface area contributed by atoms with Crippen LogP contribution in [0.3, 0.4) is 0 Å². The maximum absolute atomic E-state index is 6.71. The average Bonchev–Trinajstić information content (AvgIpc) is 3.85. The summed E-state index contributed by atoms with van der Waals surface area (Å²) in [5.74, 6) is 1.90. The van der Waals surface area contributed by atoms with Gasteiger partial charge in [-0.15, -0.1) is 11.3 Å². The van der Waals surface area contributed by atoms with Gasteiger partial charge in [-0.2, -0.15) is 0 Å². The summed E-state index contributed by atoms with van der Waals surface area (Å²) in [5.41, 5.74) is 11.3. The van der Waals surface area contributed by atoms with Gasteiger partial charge in [0, 0.05) is 53.2 Å². The van der Waals surface area contributed by atoms with Gasteiger partial charge in [0.2, 0.25) is 0 Å². The SMILES string of the molecule is c1ccc(-c2nc(-c3ccccc3)nc(-c3cccc(-c4cccc5oc6c(-c7ccc(-c8ccc9sc%10ccccc%10c9c8)cc7)cccc6c45)c3)n2)cc1. The van der Waals surface area contributed by atoms with Gasteiger partial charge < -0.3 is 4.42 Å². The second-order valence-corrected chi connectivity index (χ2v) is 15.1. The highest BCUT2D eigenvalue weighted by Crippen LogP contribution is 2.42.